The van der Waals surface area contributed by atoms with Crippen LogP contribution >= 0.6 is 0 Å². The minimum absolute atomic E-state index is 0.140. The fourth-order valence-corrected chi connectivity index (χ4v) is 1.78. The largest absolute Gasteiger partial charge is 0.385 e. The number of rotatable bonds is 8. The van der Waals surface area contributed by atoms with Crippen LogP contribution in [0.15, 0.2) is 30.3 Å². The van der Waals surface area contributed by atoms with Gasteiger partial charge in [-0.25, -0.2) is 0 Å². The highest BCUT2D eigenvalue weighted by Gasteiger charge is 2.12. The molecule has 1 rings (SSSR count). The van der Waals surface area contributed by atoms with Crippen molar-refractivity contribution in [1.82, 2.24) is 4.90 Å². The Bertz CT molecular complexity index is 341. The maximum atomic E-state index is 12.0. The first-order valence-electron chi connectivity index (χ1n) is 6.28. The number of carbonyl (C=O) groups is 1. The second kappa shape index (κ2) is 8.66. The van der Waals surface area contributed by atoms with Gasteiger partial charge in [0.25, 0.3) is 0 Å². The first-order valence-corrected chi connectivity index (χ1v) is 6.28. The van der Waals surface area contributed by atoms with E-state index in [9.17, 15) is 4.79 Å². The molecule has 1 aromatic carbocycles. The summed E-state index contributed by atoms with van der Waals surface area (Å²) in [6.45, 7) is 2.33. The van der Waals surface area contributed by atoms with Gasteiger partial charge in [-0.05, 0) is 12.0 Å². The minimum Gasteiger partial charge on any atom is -0.385 e. The van der Waals surface area contributed by atoms with E-state index in [1.54, 1.807) is 7.11 Å². The molecule has 0 fully saturated rings. The summed E-state index contributed by atoms with van der Waals surface area (Å²) in [4.78, 5) is 13.8. The van der Waals surface area contributed by atoms with Crippen molar-refractivity contribution in [3.05, 3.63) is 35.9 Å². The second-order valence-corrected chi connectivity index (χ2v) is 4.19. The molecule has 0 atom stereocenters. The molecule has 4 heteroatoms. The van der Waals surface area contributed by atoms with Gasteiger partial charge in [-0.1, -0.05) is 30.3 Å². The standard InChI is InChI=1S/C14H22N2O2/c1-18-11-5-8-14(17)16(10-9-15)12-13-6-3-2-4-7-13/h2-4,6-7H,5,8-12,15H2,1H3. The Morgan fingerprint density at radius 1 is 1.33 bits per heavy atom. The minimum atomic E-state index is 0.140. The molecule has 0 radical (unpaired) electrons. The highest BCUT2D eigenvalue weighted by Crippen LogP contribution is 2.06. The van der Waals surface area contributed by atoms with Crippen LogP contribution < -0.4 is 5.73 Å². The van der Waals surface area contributed by atoms with Gasteiger partial charge in [0.2, 0.25) is 5.91 Å². The van der Waals surface area contributed by atoms with E-state index in [0.29, 0.717) is 32.7 Å². The molecule has 0 bridgehead atoms. The molecule has 4 nitrogen and oxygen atoms in total. The van der Waals surface area contributed by atoms with Crippen LogP contribution in [0.4, 0.5) is 0 Å². The number of carbonyl (C=O) groups excluding carboxylic acids is 1. The average Bonchev–Trinajstić information content (AvgIpc) is 2.39. The summed E-state index contributed by atoms with van der Waals surface area (Å²) >= 11 is 0. The van der Waals surface area contributed by atoms with E-state index in [1.165, 1.54) is 0 Å². The molecule has 1 amide bonds. The third-order valence-corrected chi connectivity index (χ3v) is 2.71. The molecular formula is C14H22N2O2. The van der Waals surface area contributed by atoms with E-state index in [4.69, 9.17) is 10.5 Å². The Morgan fingerprint density at radius 2 is 2.06 bits per heavy atom. The Labute approximate surface area is 109 Å². The highest BCUT2D eigenvalue weighted by atomic mass is 16.5. The van der Waals surface area contributed by atoms with Crippen LogP contribution in [0.2, 0.25) is 0 Å². The van der Waals surface area contributed by atoms with Crippen LogP contribution in [0.25, 0.3) is 0 Å². The zero-order valence-electron chi connectivity index (χ0n) is 11.0. The van der Waals surface area contributed by atoms with Gasteiger partial charge in [-0.3, -0.25) is 4.79 Å². The Kier molecular flexibility index (Phi) is 7.06. The van der Waals surface area contributed by atoms with E-state index in [1.807, 2.05) is 35.2 Å². The monoisotopic (exact) mass is 250 g/mol. The lowest BCUT2D eigenvalue weighted by Crippen LogP contribution is -2.34. The number of amides is 1. The molecule has 0 saturated heterocycles. The molecule has 0 saturated carbocycles. The molecule has 18 heavy (non-hydrogen) atoms. The smallest absolute Gasteiger partial charge is 0.222 e. The zero-order valence-corrected chi connectivity index (χ0v) is 11.0. The SMILES string of the molecule is COCCCC(=O)N(CCN)Cc1ccccc1. The van der Waals surface area contributed by atoms with Gasteiger partial charge in [-0.2, -0.15) is 0 Å². The lowest BCUT2D eigenvalue weighted by Gasteiger charge is -2.22. The Hall–Kier alpha value is -1.39. The molecule has 0 aliphatic heterocycles. The highest BCUT2D eigenvalue weighted by molar-refractivity contribution is 5.76. The van der Waals surface area contributed by atoms with Crippen molar-refractivity contribution in [2.45, 2.75) is 19.4 Å². The molecule has 0 aliphatic carbocycles. The van der Waals surface area contributed by atoms with Crippen LogP contribution in [-0.4, -0.2) is 37.6 Å². The van der Waals surface area contributed by atoms with Gasteiger partial charge in [-0.15, -0.1) is 0 Å². The molecule has 0 aromatic heterocycles. The van der Waals surface area contributed by atoms with E-state index in [0.717, 1.165) is 12.0 Å². The number of benzene rings is 1. The molecule has 0 spiro atoms. The van der Waals surface area contributed by atoms with E-state index < -0.39 is 0 Å². The summed E-state index contributed by atoms with van der Waals surface area (Å²) in [6, 6.07) is 9.96. The van der Waals surface area contributed by atoms with Crippen molar-refractivity contribution in [2.75, 3.05) is 26.8 Å². The molecule has 0 unspecified atom stereocenters. The third-order valence-electron chi connectivity index (χ3n) is 2.71. The van der Waals surface area contributed by atoms with Crippen molar-refractivity contribution in [3.63, 3.8) is 0 Å². The first kappa shape index (κ1) is 14.7. The summed E-state index contributed by atoms with van der Waals surface area (Å²) in [5, 5.41) is 0. The normalized spacial score (nSPS) is 10.3. The molecule has 1 aromatic rings. The van der Waals surface area contributed by atoms with Crippen molar-refractivity contribution in [3.8, 4) is 0 Å². The molecular weight excluding hydrogens is 228 g/mol. The first-order chi connectivity index (χ1) is 8.77. The molecule has 0 heterocycles. The summed E-state index contributed by atoms with van der Waals surface area (Å²) in [7, 11) is 1.64. The van der Waals surface area contributed by atoms with Crippen LogP contribution in [0.3, 0.4) is 0 Å². The number of hydrogen-bond donors (Lipinski definition) is 1. The van der Waals surface area contributed by atoms with Crippen molar-refractivity contribution < 1.29 is 9.53 Å². The van der Waals surface area contributed by atoms with E-state index in [2.05, 4.69) is 0 Å². The fourth-order valence-electron chi connectivity index (χ4n) is 1.78. The van der Waals surface area contributed by atoms with Crippen LogP contribution in [0.5, 0.6) is 0 Å². The van der Waals surface area contributed by atoms with Gasteiger partial charge in [0, 0.05) is 39.8 Å². The van der Waals surface area contributed by atoms with Crippen LogP contribution in [0, 0.1) is 0 Å². The quantitative estimate of drug-likeness (QED) is 0.710. The summed E-state index contributed by atoms with van der Waals surface area (Å²) in [5.41, 5.74) is 6.69. The summed E-state index contributed by atoms with van der Waals surface area (Å²) < 4.78 is 4.95. The van der Waals surface area contributed by atoms with Crippen LogP contribution in [-0.2, 0) is 16.1 Å². The lowest BCUT2D eigenvalue weighted by molar-refractivity contribution is -0.132. The number of hydrogen-bond acceptors (Lipinski definition) is 3. The zero-order chi connectivity index (χ0) is 13.2. The molecule has 0 aliphatic rings. The Balaban J connectivity index is 2.50. The topological polar surface area (TPSA) is 55.6 Å². The number of ether oxygens (including phenoxy) is 1. The van der Waals surface area contributed by atoms with Gasteiger partial charge >= 0.3 is 0 Å². The van der Waals surface area contributed by atoms with Crippen LogP contribution in [0.1, 0.15) is 18.4 Å². The maximum absolute atomic E-state index is 12.0. The average molecular weight is 250 g/mol. The third kappa shape index (κ3) is 5.29. The van der Waals surface area contributed by atoms with E-state index >= 15 is 0 Å². The molecule has 2 N–H and O–H groups in total. The predicted molar refractivity (Wildman–Crippen MR) is 72.0 cm³/mol. The van der Waals surface area contributed by atoms with Gasteiger partial charge < -0.3 is 15.4 Å². The van der Waals surface area contributed by atoms with Crippen molar-refractivity contribution >= 4 is 5.91 Å². The summed E-state index contributed by atoms with van der Waals surface area (Å²) in [5.74, 6) is 0.140. The number of methoxy groups -OCH3 is 1. The number of nitrogens with zero attached hydrogens (tertiary/aromatic N) is 1. The Morgan fingerprint density at radius 3 is 2.67 bits per heavy atom. The van der Waals surface area contributed by atoms with Crippen molar-refractivity contribution in [2.24, 2.45) is 5.73 Å². The predicted octanol–water partition coefficient (Wildman–Crippen LogP) is 1.40. The lowest BCUT2D eigenvalue weighted by atomic mass is 10.2. The maximum Gasteiger partial charge on any atom is 0.222 e. The second-order valence-electron chi connectivity index (χ2n) is 4.19. The van der Waals surface area contributed by atoms with E-state index in [-0.39, 0.29) is 5.91 Å². The molecule has 100 valence electrons. The number of nitrogens with two attached hydrogens (primary N) is 1. The van der Waals surface area contributed by atoms with Crippen molar-refractivity contribution in [1.29, 1.82) is 0 Å². The van der Waals surface area contributed by atoms with Gasteiger partial charge in [0.05, 0.1) is 0 Å². The van der Waals surface area contributed by atoms with Gasteiger partial charge in [0.15, 0.2) is 0 Å². The summed E-state index contributed by atoms with van der Waals surface area (Å²) in [6.07, 6.45) is 1.27. The fraction of sp³-hybridized carbons (Fsp3) is 0.500. The van der Waals surface area contributed by atoms with Gasteiger partial charge in [0.1, 0.15) is 0 Å².